The average Bonchev–Trinajstić information content (AvgIpc) is 2.37. The topological polar surface area (TPSA) is 87.7 Å². The minimum absolute atomic E-state index is 0.133. The number of ether oxygens (including phenoxy) is 1. The summed E-state index contributed by atoms with van der Waals surface area (Å²) >= 11 is 0. The standard InChI is InChI=1S/C14H26N2O4/c1-4-14(5-2,12(17)18)9-15-13(19)16-10-7-11(8-10)20-6-3/h10-11H,4-9H2,1-3H3,(H,17,18)(H2,15,16,19). The summed E-state index contributed by atoms with van der Waals surface area (Å²) in [4.78, 5) is 23.1. The summed E-state index contributed by atoms with van der Waals surface area (Å²) in [6.45, 7) is 6.46. The number of urea groups is 1. The van der Waals surface area contributed by atoms with Gasteiger partial charge in [-0.05, 0) is 32.6 Å². The molecule has 0 radical (unpaired) electrons. The Morgan fingerprint density at radius 2 is 1.85 bits per heavy atom. The van der Waals surface area contributed by atoms with Gasteiger partial charge in [-0.3, -0.25) is 4.79 Å². The van der Waals surface area contributed by atoms with Crippen LogP contribution in [0.15, 0.2) is 0 Å². The smallest absolute Gasteiger partial charge is 0.315 e. The molecule has 20 heavy (non-hydrogen) atoms. The van der Waals surface area contributed by atoms with Gasteiger partial charge in [-0.1, -0.05) is 13.8 Å². The third kappa shape index (κ3) is 4.10. The molecule has 0 atom stereocenters. The minimum Gasteiger partial charge on any atom is -0.481 e. The fraction of sp³-hybridized carbons (Fsp3) is 0.857. The molecule has 1 fully saturated rings. The number of aliphatic carboxylic acids is 1. The van der Waals surface area contributed by atoms with E-state index in [4.69, 9.17) is 4.74 Å². The predicted octanol–water partition coefficient (Wildman–Crippen LogP) is 1.74. The van der Waals surface area contributed by atoms with Gasteiger partial charge in [-0.25, -0.2) is 4.79 Å². The van der Waals surface area contributed by atoms with Crippen LogP contribution in [0.5, 0.6) is 0 Å². The van der Waals surface area contributed by atoms with E-state index < -0.39 is 11.4 Å². The van der Waals surface area contributed by atoms with Gasteiger partial charge in [0.15, 0.2) is 0 Å². The number of rotatable bonds is 8. The van der Waals surface area contributed by atoms with Gasteiger partial charge < -0.3 is 20.5 Å². The van der Waals surface area contributed by atoms with Crippen LogP contribution >= 0.6 is 0 Å². The first-order valence-electron chi connectivity index (χ1n) is 7.36. The lowest BCUT2D eigenvalue weighted by molar-refractivity contribution is -0.149. The molecule has 0 spiro atoms. The van der Waals surface area contributed by atoms with Crippen molar-refractivity contribution >= 4 is 12.0 Å². The molecule has 2 amide bonds. The molecule has 0 aromatic carbocycles. The Labute approximate surface area is 120 Å². The maximum atomic E-state index is 11.8. The van der Waals surface area contributed by atoms with Gasteiger partial charge in [-0.15, -0.1) is 0 Å². The molecule has 0 bridgehead atoms. The molecule has 116 valence electrons. The van der Waals surface area contributed by atoms with Gasteiger partial charge in [0.1, 0.15) is 0 Å². The molecule has 0 aromatic heterocycles. The molecule has 1 aliphatic rings. The Morgan fingerprint density at radius 3 is 2.30 bits per heavy atom. The molecule has 0 aliphatic heterocycles. The summed E-state index contributed by atoms with van der Waals surface area (Å²) in [5.41, 5.74) is -0.870. The summed E-state index contributed by atoms with van der Waals surface area (Å²) in [6.07, 6.45) is 2.89. The van der Waals surface area contributed by atoms with Gasteiger partial charge >= 0.3 is 12.0 Å². The Hall–Kier alpha value is -1.30. The van der Waals surface area contributed by atoms with Crippen LogP contribution in [0.4, 0.5) is 4.79 Å². The molecule has 1 aliphatic carbocycles. The molecule has 3 N–H and O–H groups in total. The zero-order valence-electron chi connectivity index (χ0n) is 12.6. The lowest BCUT2D eigenvalue weighted by Crippen LogP contribution is -2.53. The molecular weight excluding hydrogens is 260 g/mol. The normalized spacial score (nSPS) is 21.9. The van der Waals surface area contributed by atoms with E-state index in [0.717, 1.165) is 12.8 Å². The lowest BCUT2D eigenvalue weighted by Gasteiger charge is -2.35. The number of carbonyl (C=O) groups is 2. The van der Waals surface area contributed by atoms with Crippen molar-refractivity contribution in [1.29, 1.82) is 0 Å². The van der Waals surface area contributed by atoms with Crippen LogP contribution in [-0.2, 0) is 9.53 Å². The third-order valence-electron chi connectivity index (χ3n) is 4.23. The number of carboxylic acid groups (broad SMARTS) is 1. The summed E-state index contributed by atoms with van der Waals surface area (Å²) in [5, 5.41) is 14.8. The van der Waals surface area contributed by atoms with Crippen molar-refractivity contribution in [2.24, 2.45) is 5.41 Å². The van der Waals surface area contributed by atoms with Gasteiger partial charge in [0.25, 0.3) is 0 Å². The second-order valence-electron chi connectivity index (χ2n) is 5.37. The van der Waals surface area contributed by atoms with E-state index >= 15 is 0 Å². The van der Waals surface area contributed by atoms with Gasteiger partial charge in [-0.2, -0.15) is 0 Å². The van der Waals surface area contributed by atoms with E-state index in [1.54, 1.807) is 0 Å². The van der Waals surface area contributed by atoms with Crippen molar-refractivity contribution in [1.82, 2.24) is 10.6 Å². The van der Waals surface area contributed by atoms with Crippen LogP contribution in [-0.4, -0.2) is 42.4 Å². The summed E-state index contributed by atoms with van der Waals surface area (Å²) in [6, 6.07) is -0.161. The van der Waals surface area contributed by atoms with Crippen molar-refractivity contribution in [2.75, 3.05) is 13.2 Å². The monoisotopic (exact) mass is 286 g/mol. The highest BCUT2D eigenvalue weighted by molar-refractivity contribution is 5.78. The Morgan fingerprint density at radius 1 is 1.25 bits per heavy atom. The van der Waals surface area contributed by atoms with Gasteiger partial charge in [0.2, 0.25) is 0 Å². The highest BCUT2D eigenvalue weighted by atomic mass is 16.5. The van der Waals surface area contributed by atoms with E-state index in [-0.39, 0.29) is 24.7 Å². The second-order valence-corrected chi connectivity index (χ2v) is 5.37. The van der Waals surface area contributed by atoms with E-state index in [2.05, 4.69) is 10.6 Å². The van der Waals surface area contributed by atoms with Gasteiger partial charge in [0.05, 0.1) is 11.5 Å². The molecule has 0 unspecified atom stereocenters. The molecule has 6 nitrogen and oxygen atoms in total. The molecule has 1 rings (SSSR count). The van der Waals surface area contributed by atoms with Crippen molar-refractivity contribution in [2.45, 2.75) is 58.6 Å². The number of nitrogens with one attached hydrogen (secondary N) is 2. The Bertz CT molecular complexity index is 336. The first-order chi connectivity index (χ1) is 9.47. The zero-order valence-corrected chi connectivity index (χ0v) is 12.6. The summed E-state index contributed by atoms with van der Waals surface area (Å²) < 4.78 is 5.42. The third-order valence-corrected chi connectivity index (χ3v) is 4.23. The molecular formula is C14H26N2O4. The first-order valence-corrected chi connectivity index (χ1v) is 7.36. The van der Waals surface area contributed by atoms with Crippen LogP contribution < -0.4 is 10.6 Å². The number of carboxylic acids is 1. The highest BCUT2D eigenvalue weighted by Gasteiger charge is 2.36. The number of amides is 2. The summed E-state index contributed by atoms with van der Waals surface area (Å²) in [7, 11) is 0. The van der Waals surface area contributed by atoms with E-state index in [9.17, 15) is 14.7 Å². The second kappa shape index (κ2) is 7.47. The number of hydrogen-bond acceptors (Lipinski definition) is 3. The molecule has 0 aromatic rings. The summed E-state index contributed by atoms with van der Waals surface area (Å²) in [5.74, 6) is -0.858. The molecule has 0 heterocycles. The van der Waals surface area contributed by atoms with Crippen LogP contribution in [0.3, 0.4) is 0 Å². The van der Waals surface area contributed by atoms with Crippen LogP contribution in [0.2, 0.25) is 0 Å². The van der Waals surface area contributed by atoms with Crippen LogP contribution in [0.1, 0.15) is 46.5 Å². The highest BCUT2D eigenvalue weighted by Crippen LogP contribution is 2.26. The van der Waals surface area contributed by atoms with Crippen LogP contribution in [0.25, 0.3) is 0 Å². The maximum absolute atomic E-state index is 11.8. The Balaban J connectivity index is 2.31. The van der Waals surface area contributed by atoms with E-state index in [1.807, 2.05) is 20.8 Å². The average molecular weight is 286 g/mol. The van der Waals surface area contributed by atoms with Crippen molar-refractivity contribution in [3.05, 3.63) is 0 Å². The lowest BCUT2D eigenvalue weighted by atomic mass is 9.82. The maximum Gasteiger partial charge on any atom is 0.315 e. The van der Waals surface area contributed by atoms with Crippen LogP contribution in [0, 0.1) is 5.41 Å². The van der Waals surface area contributed by atoms with Crippen molar-refractivity contribution in [3.8, 4) is 0 Å². The fourth-order valence-corrected chi connectivity index (χ4v) is 2.42. The molecule has 1 saturated carbocycles. The van der Waals surface area contributed by atoms with Crippen molar-refractivity contribution < 1.29 is 19.4 Å². The largest absolute Gasteiger partial charge is 0.481 e. The predicted molar refractivity (Wildman–Crippen MR) is 75.6 cm³/mol. The fourth-order valence-electron chi connectivity index (χ4n) is 2.42. The number of hydrogen-bond donors (Lipinski definition) is 3. The quantitative estimate of drug-likeness (QED) is 0.634. The minimum atomic E-state index is -0.870. The van der Waals surface area contributed by atoms with E-state index in [0.29, 0.717) is 19.4 Å². The zero-order chi connectivity index (χ0) is 15.2. The van der Waals surface area contributed by atoms with E-state index in [1.165, 1.54) is 0 Å². The SMILES string of the molecule is CCOC1CC(NC(=O)NCC(CC)(CC)C(=O)O)C1. The number of carbonyl (C=O) groups excluding carboxylic acids is 1. The molecule has 6 heteroatoms. The first kappa shape index (κ1) is 16.8. The van der Waals surface area contributed by atoms with Gasteiger partial charge in [0, 0.05) is 19.2 Å². The Kier molecular flexibility index (Phi) is 6.26. The molecule has 0 saturated heterocycles. The van der Waals surface area contributed by atoms with Crippen molar-refractivity contribution in [3.63, 3.8) is 0 Å².